The lowest BCUT2D eigenvalue weighted by molar-refractivity contribution is -0.138. The predicted molar refractivity (Wildman–Crippen MR) is 79.4 cm³/mol. The first-order valence-electron chi connectivity index (χ1n) is 6.81. The maximum absolute atomic E-state index is 11.6. The zero-order valence-corrected chi connectivity index (χ0v) is 12.0. The van der Waals surface area contributed by atoms with Gasteiger partial charge in [0, 0.05) is 27.8 Å². The second-order valence-corrected chi connectivity index (χ2v) is 5.43. The first-order valence-corrected chi connectivity index (χ1v) is 6.81. The van der Waals surface area contributed by atoms with Crippen LogP contribution in [0.2, 0.25) is 0 Å². The summed E-state index contributed by atoms with van der Waals surface area (Å²) in [5.74, 6) is -6.11. The lowest BCUT2D eigenvalue weighted by Crippen LogP contribution is -2.11. The number of aromatic hydroxyl groups is 4. The fourth-order valence-corrected chi connectivity index (χ4v) is 3.11. The molecule has 1 aliphatic rings. The molecule has 0 saturated heterocycles. The second kappa shape index (κ2) is 5.05. The van der Waals surface area contributed by atoms with Crippen LogP contribution >= 0.6 is 0 Å². The number of aliphatic carboxylic acids is 2. The molecule has 0 heterocycles. The standard InChI is InChI=1S/C16H12O8/c17-6-1-2-7(18)11-10(6)13-12(14(11)16(23)24)8(19)3-5(15(13)22)4-9(20)21/h1-3,14,17-19,22H,4H2,(H,20,21)(H,23,24). The molecule has 0 saturated carbocycles. The Morgan fingerprint density at radius 2 is 1.46 bits per heavy atom. The van der Waals surface area contributed by atoms with Gasteiger partial charge in [-0.2, -0.15) is 0 Å². The van der Waals surface area contributed by atoms with E-state index in [4.69, 9.17) is 5.11 Å². The van der Waals surface area contributed by atoms with Gasteiger partial charge in [0.1, 0.15) is 28.9 Å². The molecule has 0 radical (unpaired) electrons. The van der Waals surface area contributed by atoms with E-state index in [1.807, 2.05) is 0 Å². The highest BCUT2D eigenvalue weighted by atomic mass is 16.4. The number of carboxylic acids is 2. The summed E-state index contributed by atoms with van der Waals surface area (Å²) >= 11 is 0. The summed E-state index contributed by atoms with van der Waals surface area (Å²) in [7, 11) is 0. The molecule has 2 aromatic carbocycles. The quantitative estimate of drug-likeness (QED) is 0.460. The minimum Gasteiger partial charge on any atom is -0.508 e. The minimum atomic E-state index is -1.51. The number of hydrogen-bond donors (Lipinski definition) is 6. The van der Waals surface area contributed by atoms with Crippen molar-refractivity contribution in [2.45, 2.75) is 12.3 Å². The SMILES string of the molecule is O=C(O)Cc1cc(O)c2c(c1O)-c1c(O)ccc(O)c1C2C(=O)O. The van der Waals surface area contributed by atoms with Gasteiger partial charge in [-0.05, 0) is 18.2 Å². The molecule has 6 N–H and O–H groups in total. The monoisotopic (exact) mass is 332 g/mol. The molecule has 1 aliphatic carbocycles. The maximum atomic E-state index is 11.6. The average molecular weight is 332 g/mol. The Hall–Kier alpha value is -3.42. The summed E-state index contributed by atoms with van der Waals surface area (Å²) in [5, 5.41) is 59.0. The molecule has 1 atom stereocenters. The summed E-state index contributed by atoms with van der Waals surface area (Å²) in [4.78, 5) is 22.5. The zero-order valence-electron chi connectivity index (χ0n) is 12.0. The Balaban J connectivity index is 2.43. The van der Waals surface area contributed by atoms with Crippen LogP contribution in [0.3, 0.4) is 0 Å². The van der Waals surface area contributed by atoms with E-state index in [0.717, 1.165) is 18.2 Å². The van der Waals surface area contributed by atoms with Crippen molar-refractivity contribution in [1.82, 2.24) is 0 Å². The predicted octanol–water partition coefficient (Wildman–Crippen LogP) is 1.33. The van der Waals surface area contributed by atoms with Crippen molar-refractivity contribution in [3.63, 3.8) is 0 Å². The molecule has 124 valence electrons. The first-order chi connectivity index (χ1) is 11.2. The fourth-order valence-electron chi connectivity index (χ4n) is 3.11. The first kappa shape index (κ1) is 15.5. The number of hydrogen-bond acceptors (Lipinski definition) is 6. The third kappa shape index (κ3) is 2.00. The molecule has 24 heavy (non-hydrogen) atoms. The van der Waals surface area contributed by atoms with Crippen LogP contribution in [0.4, 0.5) is 0 Å². The molecule has 0 amide bonds. The number of carbonyl (C=O) groups is 2. The van der Waals surface area contributed by atoms with Crippen molar-refractivity contribution >= 4 is 11.9 Å². The number of carboxylic acid groups (broad SMARTS) is 2. The third-order valence-electron chi connectivity index (χ3n) is 4.01. The summed E-state index contributed by atoms with van der Waals surface area (Å²) in [6.45, 7) is 0. The van der Waals surface area contributed by atoms with Crippen molar-refractivity contribution in [3.05, 3.63) is 34.9 Å². The van der Waals surface area contributed by atoms with Crippen LogP contribution < -0.4 is 0 Å². The van der Waals surface area contributed by atoms with Crippen LogP contribution in [-0.4, -0.2) is 42.6 Å². The molecule has 8 nitrogen and oxygen atoms in total. The molecule has 0 aliphatic heterocycles. The highest BCUT2D eigenvalue weighted by Gasteiger charge is 2.42. The summed E-state index contributed by atoms with van der Waals surface area (Å²) in [6.07, 6.45) is -0.612. The van der Waals surface area contributed by atoms with Gasteiger partial charge in [-0.3, -0.25) is 9.59 Å². The lowest BCUT2D eigenvalue weighted by atomic mass is 9.94. The topological polar surface area (TPSA) is 156 Å². The van der Waals surface area contributed by atoms with Gasteiger partial charge >= 0.3 is 11.9 Å². The van der Waals surface area contributed by atoms with E-state index < -0.39 is 47.3 Å². The van der Waals surface area contributed by atoms with E-state index in [0.29, 0.717) is 0 Å². The van der Waals surface area contributed by atoms with Crippen LogP contribution in [0.15, 0.2) is 18.2 Å². The van der Waals surface area contributed by atoms with Gasteiger partial charge in [-0.1, -0.05) is 0 Å². The van der Waals surface area contributed by atoms with E-state index in [1.165, 1.54) is 0 Å². The summed E-state index contributed by atoms with van der Waals surface area (Å²) < 4.78 is 0. The molecule has 0 spiro atoms. The Morgan fingerprint density at radius 1 is 0.875 bits per heavy atom. The average Bonchev–Trinajstić information content (AvgIpc) is 2.86. The smallest absolute Gasteiger partial charge is 0.315 e. The van der Waals surface area contributed by atoms with Gasteiger partial charge in [0.05, 0.1) is 6.42 Å². The molecule has 0 fully saturated rings. The Bertz CT molecular complexity index is 900. The molecule has 0 aromatic heterocycles. The molecule has 1 unspecified atom stereocenters. The van der Waals surface area contributed by atoms with Gasteiger partial charge in [0.15, 0.2) is 0 Å². The summed E-state index contributed by atoms with van der Waals surface area (Å²) in [5.41, 5.74) is -0.852. The van der Waals surface area contributed by atoms with Gasteiger partial charge < -0.3 is 30.6 Å². The Kier molecular flexibility index (Phi) is 3.26. The van der Waals surface area contributed by atoms with E-state index >= 15 is 0 Å². The minimum absolute atomic E-state index is 0.140. The highest BCUT2D eigenvalue weighted by molar-refractivity contribution is 6.00. The lowest BCUT2D eigenvalue weighted by Gasteiger charge is -2.13. The highest BCUT2D eigenvalue weighted by Crippen LogP contribution is 2.58. The Labute approximate surface area is 134 Å². The van der Waals surface area contributed by atoms with Crippen molar-refractivity contribution in [2.24, 2.45) is 0 Å². The van der Waals surface area contributed by atoms with Crippen molar-refractivity contribution in [1.29, 1.82) is 0 Å². The molecular weight excluding hydrogens is 320 g/mol. The van der Waals surface area contributed by atoms with Crippen molar-refractivity contribution in [2.75, 3.05) is 0 Å². The van der Waals surface area contributed by atoms with Crippen LogP contribution in [0.1, 0.15) is 22.6 Å². The molecule has 3 rings (SSSR count). The molecule has 0 bridgehead atoms. The molecular formula is C16H12O8. The van der Waals surface area contributed by atoms with Gasteiger partial charge in [0.25, 0.3) is 0 Å². The van der Waals surface area contributed by atoms with E-state index in [-0.39, 0.29) is 27.8 Å². The van der Waals surface area contributed by atoms with Gasteiger partial charge in [-0.25, -0.2) is 0 Å². The third-order valence-corrected chi connectivity index (χ3v) is 4.01. The fraction of sp³-hybridized carbons (Fsp3) is 0.125. The van der Waals surface area contributed by atoms with Crippen LogP contribution in [-0.2, 0) is 16.0 Å². The largest absolute Gasteiger partial charge is 0.508 e. The number of fused-ring (bicyclic) bond motifs is 3. The van der Waals surface area contributed by atoms with Crippen LogP contribution in [0.5, 0.6) is 23.0 Å². The molecule has 8 heteroatoms. The van der Waals surface area contributed by atoms with E-state index in [9.17, 15) is 35.1 Å². The van der Waals surface area contributed by atoms with Gasteiger partial charge in [0.2, 0.25) is 0 Å². The van der Waals surface area contributed by atoms with Crippen LogP contribution in [0.25, 0.3) is 11.1 Å². The summed E-state index contributed by atoms with van der Waals surface area (Å²) in [6, 6.07) is 3.18. The second-order valence-electron chi connectivity index (χ2n) is 5.43. The number of benzene rings is 2. The normalized spacial score (nSPS) is 14.9. The maximum Gasteiger partial charge on any atom is 0.315 e. The molecule has 2 aromatic rings. The number of phenolic OH excluding ortho intramolecular Hbond substituents is 4. The van der Waals surface area contributed by atoms with Gasteiger partial charge in [-0.15, -0.1) is 0 Å². The van der Waals surface area contributed by atoms with E-state index in [2.05, 4.69) is 0 Å². The number of rotatable bonds is 3. The van der Waals surface area contributed by atoms with Crippen molar-refractivity contribution in [3.8, 4) is 34.1 Å². The zero-order chi connectivity index (χ0) is 17.8. The van der Waals surface area contributed by atoms with Crippen LogP contribution in [0, 0.1) is 0 Å². The van der Waals surface area contributed by atoms with E-state index in [1.54, 1.807) is 0 Å². The number of phenols is 4. The van der Waals surface area contributed by atoms with Crippen molar-refractivity contribution < 1.29 is 40.2 Å². The Morgan fingerprint density at radius 3 is 2.04 bits per heavy atom.